The van der Waals surface area contributed by atoms with Crippen LogP contribution < -0.4 is 4.90 Å². The molecule has 1 aliphatic heterocycles. The third kappa shape index (κ3) is 2.98. The van der Waals surface area contributed by atoms with Gasteiger partial charge in [-0.3, -0.25) is 14.9 Å². The summed E-state index contributed by atoms with van der Waals surface area (Å²) in [6.45, 7) is 4.28. The second kappa shape index (κ2) is 5.77. The lowest BCUT2D eigenvalue weighted by atomic mass is 10.2. The topological polar surface area (TPSA) is 86.9 Å². The minimum atomic E-state index is -0.612. The fourth-order valence-corrected chi connectivity index (χ4v) is 2.35. The maximum absolute atomic E-state index is 11.4. The largest absolute Gasteiger partial charge is 0.502 e. The zero-order valence-corrected chi connectivity index (χ0v) is 11.3. The minimum absolute atomic E-state index is 0.0541. The van der Waals surface area contributed by atoms with Crippen LogP contribution in [0.25, 0.3) is 0 Å². The maximum atomic E-state index is 11.4. The number of nitro benzene ring substituents is 1. The van der Waals surface area contributed by atoms with Gasteiger partial charge in [-0.25, -0.2) is 0 Å². The fourth-order valence-electron chi connectivity index (χ4n) is 2.35. The molecule has 0 aromatic heterocycles. The Morgan fingerprint density at radius 3 is 2.65 bits per heavy atom. The molecule has 1 heterocycles. The maximum Gasteiger partial charge on any atom is 0.310 e. The molecule has 0 unspecified atom stereocenters. The Kier molecular flexibility index (Phi) is 4.07. The van der Waals surface area contributed by atoms with Crippen LogP contribution in [0.4, 0.5) is 11.4 Å². The van der Waals surface area contributed by atoms with Crippen LogP contribution in [0.2, 0.25) is 0 Å². The van der Waals surface area contributed by atoms with Crippen molar-refractivity contribution in [2.75, 3.05) is 31.1 Å². The highest BCUT2D eigenvalue weighted by atomic mass is 16.6. The van der Waals surface area contributed by atoms with E-state index in [0.29, 0.717) is 19.6 Å². The van der Waals surface area contributed by atoms with E-state index in [4.69, 9.17) is 0 Å². The average molecular weight is 279 g/mol. The molecule has 2 rings (SSSR count). The van der Waals surface area contributed by atoms with E-state index in [1.54, 1.807) is 17.9 Å². The summed E-state index contributed by atoms with van der Waals surface area (Å²) in [5.74, 6) is -0.279. The Morgan fingerprint density at radius 1 is 1.30 bits per heavy atom. The number of phenolic OH excluding ortho intramolecular Hbond substituents is 1. The molecule has 20 heavy (non-hydrogen) atoms. The van der Waals surface area contributed by atoms with Gasteiger partial charge >= 0.3 is 5.69 Å². The van der Waals surface area contributed by atoms with E-state index in [2.05, 4.69) is 0 Å². The fraction of sp³-hybridized carbons (Fsp3) is 0.462. The smallest absolute Gasteiger partial charge is 0.310 e. The first-order valence-electron chi connectivity index (χ1n) is 6.47. The summed E-state index contributed by atoms with van der Waals surface area (Å²) in [5.41, 5.74) is 0.437. The number of benzene rings is 1. The predicted octanol–water partition coefficient (Wildman–Crippen LogP) is 1.36. The average Bonchev–Trinajstić information content (AvgIpc) is 2.63. The van der Waals surface area contributed by atoms with E-state index in [1.807, 2.05) is 4.90 Å². The van der Waals surface area contributed by atoms with E-state index in [9.17, 15) is 20.0 Å². The zero-order chi connectivity index (χ0) is 14.7. The number of hydrogen-bond donors (Lipinski definition) is 1. The molecule has 7 heteroatoms. The van der Waals surface area contributed by atoms with Crippen LogP contribution in [0.5, 0.6) is 5.75 Å². The summed E-state index contributed by atoms with van der Waals surface area (Å²) in [6.07, 6.45) is 0.831. The Hall–Kier alpha value is -2.31. The van der Waals surface area contributed by atoms with Crippen LogP contribution in [-0.4, -0.2) is 47.0 Å². The number of hydrogen-bond acceptors (Lipinski definition) is 5. The molecule has 1 saturated heterocycles. The SMILES string of the molecule is CC(=O)N1CCCN(c2ccc([N+](=O)[O-])c(O)c2)CC1. The number of amides is 1. The zero-order valence-electron chi connectivity index (χ0n) is 11.3. The Labute approximate surface area is 116 Å². The van der Waals surface area contributed by atoms with Gasteiger partial charge in [-0.15, -0.1) is 0 Å². The molecule has 1 amide bonds. The van der Waals surface area contributed by atoms with Gasteiger partial charge in [-0.2, -0.15) is 0 Å². The van der Waals surface area contributed by atoms with E-state index in [1.165, 1.54) is 12.1 Å². The van der Waals surface area contributed by atoms with Crippen molar-refractivity contribution in [3.63, 3.8) is 0 Å². The van der Waals surface area contributed by atoms with Crippen LogP contribution in [0.15, 0.2) is 18.2 Å². The van der Waals surface area contributed by atoms with Crippen LogP contribution in [-0.2, 0) is 4.79 Å². The molecule has 1 aromatic rings. The highest BCUT2D eigenvalue weighted by Crippen LogP contribution is 2.30. The first-order chi connectivity index (χ1) is 9.49. The molecule has 0 aliphatic carbocycles. The molecule has 0 radical (unpaired) electrons. The minimum Gasteiger partial charge on any atom is -0.502 e. The van der Waals surface area contributed by atoms with Gasteiger partial charge in [0.05, 0.1) is 4.92 Å². The quantitative estimate of drug-likeness (QED) is 0.652. The van der Waals surface area contributed by atoms with Gasteiger partial charge in [0.2, 0.25) is 5.91 Å². The monoisotopic (exact) mass is 279 g/mol. The highest BCUT2D eigenvalue weighted by molar-refractivity contribution is 5.73. The normalized spacial score (nSPS) is 15.8. The van der Waals surface area contributed by atoms with Crippen LogP contribution >= 0.6 is 0 Å². The molecule has 1 fully saturated rings. The first-order valence-corrected chi connectivity index (χ1v) is 6.47. The predicted molar refractivity (Wildman–Crippen MR) is 73.8 cm³/mol. The number of carbonyl (C=O) groups excluding carboxylic acids is 1. The summed E-state index contributed by atoms with van der Waals surface area (Å²) >= 11 is 0. The molecule has 7 nitrogen and oxygen atoms in total. The number of carbonyl (C=O) groups is 1. The van der Waals surface area contributed by atoms with Gasteiger partial charge in [-0.05, 0) is 12.5 Å². The van der Waals surface area contributed by atoms with Gasteiger partial charge in [0.25, 0.3) is 0 Å². The number of phenols is 1. The van der Waals surface area contributed by atoms with E-state index < -0.39 is 4.92 Å². The second-order valence-electron chi connectivity index (χ2n) is 4.78. The van der Waals surface area contributed by atoms with Crippen molar-refractivity contribution < 1.29 is 14.8 Å². The van der Waals surface area contributed by atoms with Crippen LogP contribution in [0.3, 0.4) is 0 Å². The van der Waals surface area contributed by atoms with Crippen molar-refractivity contribution in [2.24, 2.45) is 0 Å². The van der Waals surface area contributed by atoms with Crippen LogP contribution in [0.1, 0.15) is 13.3 Å². The number of nitrogens with zero attached hydrogens (tertiary/aromatic N) is 3. The van der Waals surface area contributed by atoms with Crippen molar-refractivity contribution in [2.45, 2.75) is 13.3 Å². The van der Waals surface area contributed by atoms with Gasteiger partial charge < -0.3 is 14.9 Å². The molecule has 0 spiro atoms. The first kappa shape index (κ1) is 14.1. The molecular weight excluding hydrogens is 262 g/mol. The van der Waals surface area contributed by atoms with Crippen molar-refractivity contribution >= 4 is 17.3 Å². The van der Waals surface area contributed by atoms with E-state index in [0.717, 1.165) is 18.7 Å². The third-order valence-electron chi connectivity index (χ3n) is 3.46. The van der Waals surface area contributed by atoms with Crippen molar-refractivity contribution in [3.8, 4) is 5.75 Å². The van der Waals surface area contributed by atoms with E-state index >= 15 is 0 Å². The Balaban J connectivity index is 2.14. The van der Waals surface area contributed by atoms with Crippen molar-refractivity contribution in [3.05, 3.63) is 28.3 Å². The Morgan fingerprint density at radius 2 is 2.05 bits per heavy atom. The lowest BCUT2D eigenvalue weighted by Gasteiger charge is -2.23. The molecule has 1 N–H and O–H groups in total. The standard InChI is InChI=1S/C13H17N3O4/c1-10(17)14-5-2-6-15(8-7-14)11-3-4-12(16(19)20)13(18)9-11/h3-4,9,18H,2,5-8H2,1H3. The second-order valence-corrected chi connectivity index (χ2v) is 4.78. The van der Waals surface area contributed by atoms with Gasteiger partial charge in [-0.1, -0.05) is 0 Å². The molecule has 108 valence electrons. The number of anilines is 1. The van der Waals surface area contributed by atoms with E-state index in [-0.39, 0.29) is 17.3 Å². The summed E-state index contributed by atoms with van der Waals surface area (Å²) in [6, 6.07) is 4.33. The highest BCUT2D eigenvalue weighted by Gasteiger charge is 2.19. The summed E-state index contributed by atoms with van der Waals surface area (Å²) in [4.78, 5) is 25.2. The number of nitro groups is 1. The summed E-state index contributed by atoms with van der Waals surface area (Å²) in [7, 11) is 0. The van der Waals surface area contributed by atoms with Gasteiger partial charge in [0.15, 0.2) is 5.75 Å². The molecule has 0 atom stereocenters. The third-order valence-corrected chi connectivity index (χ3v) is 3.46. The number of rotatable bonds is 2. The lowest BCUT2D eigenvalue weighted by Crippen LogP contribution is -2.33. The molecule has 1 aromatic carbocycles. The molecular formula is C13H17N3O4. The van der Waals surface area contributed by atoms with Crippen molar-refractivity contribution in [1.82, 2.24) is 4.90 Å². The Bertz CT molecular complexity index is 532. The molecule has 0 bridgehead atoms. The molecule has 1 aliphatic rings. The van der Waals surface area contributed by atoms with Gasteiger partial charge in [0.1, 0.15) is 0 Å². The van der Waals surface area contributed by atoms with Crippen LogP contribution in [0, 0.1) is 10.1 Å². The summed E-state index contributed by atoms with van der Waals surface area (Å²) in [5, 5.41) is 20.3. The summed E-state index contributed by atoms with van der Waals surface area (Å²) < 4.78 is 0. The lowest BCUT2D eigenvalue weighted by molar-refractivity contribution is -0.385. The van der Waals surface area contributed by atoms with Gasteiger partial charge in [0, 0.05) is 50.9 Å². The molecule has 0 saturated carbocycles. The van der Waals surface area contributed by atoms with Crippen molar-refractivity contribution in [1.29, 1.82) is 0 Å². The number of aromatic hydroxyl groups is 1.